The second-order valence-corrected chi connectivity index (χ2v) is 9.11. The maximum Gasteiger partial charge on any atom is 0.230 e. The van der Waals surface area contributed by atoms with Crippen LogP contribution in [0.15, 0.2) is 29.4 Å². The van der Waals surface area contributed by atoms with Crippen molar-refractivity contribution in [1.82, 2.24) is 20.2 Å². The highest BCUT2D eigenvalue weighted by molar-refractivity contribution is 7.99. The molecule has 1 heterocycles. The largest absolute Gasteiger partial charge is 0.486 e. The lowest BCUT2D eigenvalue weighted by Gasteiger charge is -2.19. The highest BCUT2D eigenvalue weighted by Gasteiger charge is 2.18. The molecular formula is C20H29N5O2S. The Labute approximate surface area is 170 Å². The number of hydrogen-bond acceptors (Lipinski definition) is 6. The predicted molar refractivity (Wildman–Crippen MR) is 111 cm³/mol. The molecule has 8 heteroatoms. The topological polar surface area (TPSA) is 95.1 Å². The summed E-state index contributed by atoms with van der Waals surface area (Å²) in [4.78, 5) is 12.0. The Hall–Kier alpha value is -2.22. The van der Waals surface area contributed by atoms with Crippen LogP contribution in [0.3, 0.4) is 0 Å². The van der Waals surface area contributed by atoms with Crippen molar-refractivity contribution in [3.63, 3.8) is 0 Å². The Morgan fingerprint density at radius 2 is 1.93 bits per heavy atom. The number of amides is 1. The first-order valence-corrected chi connectivity index (χ1v) is 10.7. The lowest BCUT2D eigenvalue weighted by atomic mass is 9.87. The van der Waals surface area contributed by atoms with E-state index in [1.807, 2.05) is 12.1 Å². The Morgan fingerprint density at radius 3 is 2.57 bits per heavy atom. The van der Waals surface area contributed by atoms with E-state index in [0.717, 1.165) is 18.6 Å². The van der Waals surface area contributed by atoms with Gasteiger partial charge in [-0.05, 0) is 36.0 Å². The molecule has 2 aromatic rings. The van der Waals surface area contributed by atoms with Crippen molar-refractivity contribution in [3.05, 3.63) is 35.7 Å². The molecule has 1 aliphatic rings. The highest BCUT2D eigenvalue weighted by atomic mass is 32.2. The number of benzene rings is 1. The first-order chi connectivity index (χ1) is 13.3. The van der Waals surface area contributed by atoms with Gasteiger partial charge in [-0.15, -0.1) is 10.2 Å². The van der Waals surface area contributed by atoms with Crippen molar-refractivity contribution in [2.75, 3.05) is 11.6 Å². The molecular weight excluding hydrogens is 374 g/mol. The summed E-state index contributed by atoms with van der Waals surface area (Å²) in [5.41, 5.74) is 1.35. The number of nitrogen functional groups attached to an aromatic ring is 1. The van der Waals surface area contributed by atoms with Gasteiger partial charge in [0.2, 0.25) is 11.1 Å². The van der Waals surface area contributed by atoms with Crippen molar-refractivity contribution < 1.29 is 9.53 Å². The molecule has 7 nitrogen and oxygen atoms in total. The van der Waals surface area contributed by atoms with Gasteiger partial charge in [-0.2, -0.15) is 0 Å². The van der Waals surface area contributed by atoms with Crippen LogP contribution in [0.1, 0.15) is 57.8 Å². The number of carbonyl (C=O) groups excluding carboxylic acids is 1. The van der Waals surface area contributed by atoms with Crippen molar-refractivity contribution in [3.8, 4) is 5.75 Å². The lowest BCUT2D eigenvalue weighted by molar-refractivity contribution is -0.119. The molecule has 1 saturated carbocycles. The second-order valence-electron chi connectivity index (χ2n) is 8.17. The van der Waals surface area contributed by atoms with Gasteiger partial charge in [-0.25, -0.2) is 4.68 Å². The number of aromatic nitrogens is 3. The SMILES string of the molecule is CC(C)(C)c1ccc(OCc2nnc(SCC(=O)NC3CCCC3)n2N)cc1. The van der Waals surface area contributed by atoms with E-state index in [2.05, 4.69) is 48.4 Å². The number of carbonyl (C=O) groups is 1. The minimum absolute atomic E-state index is 0.0108. The Kier molecular flexibility index (Phi) is 6.49. The Balaban J connectivity index is 1.49. The monoisotopic (exact) mass is 403 g/mol. The van der Waals surface area contributed by atoms with Crippen LogP contribution in [0.5, 0.6) is 5.75 Å². The molecule has 1 aromatic carbocycles. The number of ether oxygens (including phenoxy) is 1. The average Bonchev–Trinajstić information content (AvgIpc) is 3.28. The molecule has 0 saturated heterocycles. The van der Waals surface area contributed by atoms with Gasteiger partial charge in [0.25, 0.3) is 0 Å². The van der Waals surface area contributed by atoms with Gasteiger partial charge in [-0.1, -0.05) is 57.5 Å². The van der Waals surface area contributed by atoms with Gasteiger partial charge in [-0.3, -0.25) is 4.79 Å². The van der Waals surface area contributed by atoms with Crippen LogP contribution in [0.2, 0.25) is 0 Å². The molecule has 0 bridgehead atoms. The number of nitrogens with two attached hydrogens (primary N) is 1. The standard InChI is InChI=1S/C20H29N5O2S/c1-20(2,3)14-8-10-16(11-9-14)27-12-17-23-24-19(25(17)21)28-13-18(26)22-15-6-4-5-7-15/h8-11,15H,4-7,12-13,21H2,1-3H3,(H,22,26). The molecule has 0 aliphatic heterocycles. The molecule has 152 valence electrons. The average molecular weight is 404 g/mol. The van der Waals surface area contributed by atoms with E-state index in [-0.39, 0.29) is 23.7 Å². The molecule has 0 unspecified atom stereocenters. The molecule has 1 aliphatic carbocycles. The first kappa shape index (κ1) is 20.5. The van der Waals surface area contributed by atoms with E-state index in [1.54, 1.807) is 0 Å². The van der Waals surface area contributed by atoms with Gasteiger partial charge in [0, 0.05) is 6.04 Å². The molecule has 0 spiro atoms. The predicted octanol–water partition coefficient (Wildman–Crippen LogP) is 3.02. The van der Waals surface area contributed by atoms with Crippen molar-refractivity contribution in [1.29, 1.82) is 0 Å². The summed E-state index contributed by atoms with van der Waals surface area (Å²) in [6, 6.07) is 8.33. The second kappa shape index (κ2) is 8.86. The van der Waals surface area contributed by atoms with Crippen LogP contribution in [-0.2, 0) is 16.8 Å². The van der Waals surface area contributed by atoms with Crippen LogP contribution < -0.4 is 15.9 Å². The molecule has 1 fully saturated rings. The molecule has 0 radical (unpaired) electrons. The molecule has 1 aromatic heterocycles. The minimum Gasteiger partial charge on any atom is -0.486 e. The van der Waals surface area contributed by atoms with Gasteiger partial charge >= 0.3 is 0 Å². The van der Waals surface area contributed by atoms with E-state index in [9.17, 15) is 4.79 Å². The third-order valence-corrected chi connectivity index (χ3v) is 5.82. The van der Waals surface area contributed by atoms with Crippen LogP contribution in [0.4, 0.5) is 0 Å². The van der Waals surface area contributed by atoms with Gasteiger partial charge < -0.3 is 15.9 Å². The summed E-state index contributed by atoms with van der Waals surface area (Å²) < 4.78 is 7.16. The van der Waals surface area contributed by atoms with Gasteiger partial charge in [0.15, 0.2) is 5.82 Å². The quantitative estimate of drug-likeness (QED) is 0.545. The lowest BCUT2D eigenvalue weighted by Crippen LogP contribution is -2.34. The van der Waals surface area contributed by atoms with Gasteiger partial charge in [0.05, 0.1) is 5.75 Å². The number of nitrogens with zero attached hydrogens (tertiary/aromatic N) is 3. The fourth-order valence-electron chi connectivity index (χ4n) is 3.17. The zero-order chi connectivity index (χ0) is 20.1. The number of nitrogens with one attached hydrogen (secondary N) is 1. The summed E-state index contributed by atoms with van der Waals surface area (Å²) in [5, 5.41) is 11.7. The first-order valence-electron chi connectivity index (χ1n) is 9.68. The Bertz CT molecular complexity index is 792. The fraction of sp³-hybridized carbons (Fsp3) is 0.550. The normalized spacial score (nSPS) is 15.0. The summed E-state index contributed by atoms with van der Waals surface area (Å²) in [5.74, 6) is 7.61. The minimum atomic E-state index is 0.0108. The zero-order valence-corrected chi connectivity index (χ0v) is 17.6. The van der Waals surface area contributed by atoms with Crippen LogP contribution in [0, 0.1) is 0 Å². The number of thioether (sulfide) groups is 1. The smallest absolute Gasteiger partial charge is 0.230 e. The third-order valence-electron chi connectivity index (χ3n) is 4.88. The van der Waals surface area contributed by atoms with Crippen LogP contribution >= 0.6 is 11.8 Å². The van der Waals surface area contributed by atoms with Crippen molar-refractivity contribution >= 4 is 17.7 Å². The summed E-state index contributed by atoms with van der Waals surface area (Å²) in [7, 11) is 0. The summed E-state index contributed by atoms with van der Waals surface area (Å²) >= 11 is 1.28. The van der Waals surface area contributed by atoms with E-state index in [1.165, 1.54) is 34.8 Å². The zero-order valence-electron chi connectivity index (χ0n) is 16.8. The Morgan fingerprint density at radius 1 is 1.25 bits per heavy atom. The summed E-state index contributed by atoms with van der Waals surface area (Å²) in [6.45, 7) is 6.74. The maximum atomic E-state index is 12.0. The molecule has 3 rings (SSSR count). The van der Waals surface area contributed by atoms with Gasteiger partial charge in [0.1, 0.15) is 12.4 Å². The van der Waals surface area contributed by atoms with Crippen molar-refractivity contribution in [2.45, 2.75) is 69.7 Å². The van der Waals surface area contributed by atoms with Crippen molar-refractivity contribution in [2.24, 2.45) is 0 Å². The van der Waals surface area contributed by atoms with Crippen LogP contribution in [-0.4, -0.2) is 32.6 Å². The highest BCUT2D eigenvalue weighted by Crippen LogP contribution is 2.25. The molecule has 0 atom stereocenters. The summed E-state index contributed by atoms with van der Waals surface area (Å²) in [6.07, 6.45) is 4.53. The van der Waals surface area contributed by atoms with E-state index in [4.69, 9.17) is 10.6 Å². The van der Waals surface area contributed by atoms with E-state index in [0.29, 0.717) is 17.0 Å². The molecule has 28 heavy (non-hydrogen) atoms. The maximum absolute atomic E-state index is 12.0. The van der Waals surface area contributed by atoms with E-state index >= 15 is 0 Å². The fourth-order valence-corrected chi connectivity index (χ4v) is 3.86. The van der Waals surface area contributed by atoms with E-state index < -0.39 is 0 Å². The van der Waals surface area contributed by atoms with Crippen LogP contribution in [0.25, 0.3) is 0 Å². The molecule has 1 amide bonds. The number of rotatable bonds is 7. The number of hydrogen-bond donors (Lipinski definition) is 2. The molecule has 3 N–H and O–H groups in total. The third kappa shape index (κ3) is 5.41.